The second-order valence-corrected chi connectivity index (χ2v) is 18.5. The zero-order valence-electron chi connectivity index (χ0n) is 41.1. The molecule has 0 bridgehead atoms. The van der Waals surface area contributed by atoms with E-state index in [1.165, 1.54) is 4.68 Å². The van der Waals surface area contributed by atoms with Gasteiger partial charge in [0.05, 0.1) is 24.3 Å². The van der Waals surface area contributed by atoms with Crippen LogP contribution in [0.15, 0.2) is 30.5 Å². The van der Waals surface area contributed by atoms with Gasteiger partial charge in [-0.1, -0.05) is 5.21 Å². The molecule has 1 aromatic carbocycles. The molecule has 2 aliphatic heterocycles. The smallest absolute Gasteiger partial charge is 0.326 e. The van der Waals surface area contributed by atoms with E-state index in [2.05, 4.69) is 36.9 Å². The first kappa shape index (κ1) is 59.6. The van der Waals surface area contributed by atoms with E-state index in [0.717, 1.165) is 0 Å². The highest BCUT2D eigenvalue weighted by Crippen LogP contribution is 2.25. The first-order chi connectivity index (χ1) is 35.6. The molecule has 4 atom stereocenters. The van der Waals surface area contributed by atoms with Crippen LogP contribution in [0.1, 0.15) is 112 Å². The van der Waals surface area contributed by atoms with Crippen molar-refractivity contribution in [3.8, 4) is 5.69 Å². The van der Waals surface area contributed by atoms with Crippen LogP contribution in [0, 0.1) is 11.8 Å². The minimum absolute atomic E-state index is 0.0343. The lowest BCUT2D eigenvalue weighted by atomic mass is 9.89. The number of amides is 7. The van der Waals surface area contributed by atoms with E-state index in [1.54, 1.807) is 40.3 Å². The average molecular weight is 1060 g/mol. The minimum Gasteiger partial charge on any atom is -0.481 e. The Balaban J connectivity index is 1.34. The van der Waals surface area contributed by atoms with Gasteiger partial charge in [-0.25, -0.2) is 33.4 Å². The molecule has 0 aliphatic carbocycles. The number of carbonyl (C=O) groups excluding carboxylic acids is 5. The van der Waals surface area contributed by atoms with Gasteiger partial charge in [0.25, 0.3) is 5.91 Å². The van der Waals surface area contributed by atoms with Crippen LogP contribution in [-0.4, -0.2) is 184 Å². The Morgan fingerprint density at radius 3 is 1.36 bits per heavy atom. The predicted octanol–water partition coefficient (Wildman–Crippen LogP) is 1.23. The van der Waals surface area contributed by atoms with Crippen molar-refractivity contribution in [1.82, 2.24) is 51.4 Å². The van der Waals surface area contributed by atoms with Gasteiger partial charge in [-0.2, -0.15) is 0 Å². The normalized spacial score (nSPS) is 16.0. The number of carboxylic acids is 6. The van der Waals surface area contributed by atoms with Crippen molar-refractivity contribution in [1.29, 1.82) is 0 Å². The molecule has 2 saturated heterocycles. The highest BCUT2D eigenvalue weighted by Gasteiger charge is 2.33. The first-order valence-corrected chi connectivity index (χ1v) is 24.5. The summed E-state index contributed by atoms with van der Waals surface area (Å²) >= 11 is 0. The minimum atomic E-state index is -1.57. The number of alkyl halides is 1. The largest absolute Gasteiger partial charge is 0.481 e. The quantitative estimate of drug-likeness (QED) is 0.0524. The molecule has 4 rings (SSSR count). The zero-order chi connectivity index (χ0) is 55.2. The molecule has 75 heavy (non-hydrogen) atoms. The Kier molecular flexibility index (Phi) is 23.6. The maximum atomic E-state index is 13.7. The first-order valence-electron chi connectivity index (χ1n) is 24.5. The molecular weight excluding hydrogens is 996 g/mol. The van der Waals surface area contributed by atoms with E-state index >= 15 is 0 Å². The van der Waals surface area contributed by atoms with E-state index in [9.17, 15) is 77.6 Å². The monoisotopic (exact) mass is 1060 g/mol. The lowest BCUT2D eigenvalue weighted by Crippen LogP contribution is -2.52. The lowest BCUT2D eigenvalue weighted by molar-refractivity contribution is -0.142. The van der Waals surface area contributed by atoms with Gasteiger partial charge in [0.2, 0.25) is 11.8 Å². The Morgan fingerprint density at radius 2 is 0.973 bits per heavy atom. The van der Waals surface area contributed by atoms with Crippen LogP contribution in [0.3, 0.4) is 0 Å². The highest BCUT2D eigenvalue weighted by molar-refractivity contribution is 5.94. The van der Waals surface area contributed by atoms with Gasteiger partial charge < -0.3 is 67.0 Å². The number of urea groups is 2. The number of nitrogens with one attached hydrogen (secondary N) is 5. The number of halogens is 1. The van der Waals surface area contributed by atoms with Crippen molar-refractivity contribution in [2.45, 2.75) is 133 Å². The molecule has 412 valence electrons. The Bertz CT molecular complexity index is 2230. The maximum absolute atomic E-state index is 13.7. The van der Waals surface area contributed by atoms with Crippen molar-refractivity contribution in [3.05, 3.63) is 41.7 Å². The number of carbonyl (C=O) groups is 11. The molecule has 4 unspecified atom stereocenters. The van der Waals surface area contributed by atoms with Crippen LogP contribution in [0.2, 0.25) is 0 Å². The number of aromatic nitrogens is 3. The second-order valence-electron chi connectivity index (χ2n) is 18.5. The Hall–Kier alpha value is -7.94. The Morgan fingerprint density at radius 1 is 0.560 bits per heavy atom. The van der Waals surface area contributed by atoms with Crippen molar-refractivity contribution >= 4 is 65.6 Å². The molecule has 2 aromatic rings. The van der Waals surface area contributed by atoms with Crippen molar-refractivity contribution in [2.75, 3.05) is 32.9 Å². The van der Waals surface area contributed by atoms with E-state index < -0.39 is 116 Å². The van der Waals surface area contributed by atoms with Crippen LogP contribution >= 0.6 is 0 Å². The molecular formula is C47H65FN10O17. The summed E-state index contributed by atoms with van der Waals surface area (Å²) in [5, 5.41) is 75.8. The van der Waals surface area contributed by atoms with E-state index in [-0.39, 0.29) is 93.9 Å². The number of aliphatic carboxylic acids is 6. The standard InChI is InChI=1S/C47H65FN10O17/c48-19-1-2-31-26-58(55-54-31)32-7-3-29(4-8-32)41(65)49-30(5-11-37(59)56-20-15-27(16-21-56)24-35(44(70)71)52-46(74)50-33(42(66)67)9-13-39(61)62)6-12-38(60)57-22-17-28(18-23-57)25-36(45(72)73)53-47(75)51-34(43(68)69)10-14-40(63)64/h3-4,7-8,26-28,30,33-36H,1-2,5-6,9-25H2,(H,49,65)(H,61,62)(H,63,64)(H,66,67)(H,68,69)(H,70,71)(H,72,73)(H2,50,52,74)(H2,51,53,75). The number of aryl methyl sites for hydroxylation is 1. The van der Waals surface area contributed by atoms with Crippen LogP contribution in [0.5, 0.6) is 0 Å². The summed E-state index contributed by atoms with van der Waals surface area (Å²) in [6.45, 7) is 0.483. The van der Waals surface area contributed by atoms with Gasteiger partial charge in [0, 0.05) is 63.5 Å². The number of piperidine rings is 2. The molecule has 2 aliphatic rings. The SMILES string of the molecule is O=C(O)CCC(NC(=O)NC(CC1CCN(C(=O)CCC(CCC(=O)N2CCC(CC(NC(=O)NC(CCC(=O)O)C(=O)O)C(=O)O)CC2)NC(=O)c2ccc(-n3cc(CCCF)nn3)cc2)CC1)C(=O)O)C(=O)O. The summed E-state index contributed by atoms with van der Waals surface area (Å²) in [7, 11) is 0. The molecule has 11 N–H and O–H groups in total. The van der Waals surface area contributed by atoms with Gasteiger partial charge in [0.15, 0.2) is 0 Å². The number of likely N-dealkylation sites (tertiary alicyclic amines) is 2. The molecule has 0 radical (unpaired) electrons. The third-order valence-corrected chi connectivity index (χ3v) is 13.0. The number of rotatable bonds is 30. The predicted molar refractivity (Wildman–Crippen MR) is 256 cm³/mol. The molecule has 3 heterocycles. The van der Waals surface area contributed by atoms with E-state index in [1.807, 2.05) is 0 Å². The van der Waals surface area contributed by atoms with Crippen LogP contribution in [0.4, 0.5) is 14.0 Å². The maximum Gasteiger partial charge on any atom is 0.326 e. The topological polar surface area (TPSA) is 406 Å². The van der Waals surface area contributed by atoms with Crippen LogP contribution in [-0.2, 0) is 44.8 Å². The molecule has 7 amide bonds. The molecule has 0 spiro atoms. The summed E-state index contributed by atoms with van der Waals surface area (Å²) in [4.78, 5) is 138. The van der Waals surface area contributed by atoms with Gasteiger partial charge >= 0.3 is 47.9 Å². The number of benzene rings is 1. The fourth-order valence-corrected chi connectivity index (χ4v) is 8.73. The van der Waals surface area contributed by atoms with Crippen LogP contribution < -0.4 is 26.6 Å². The van der Waals surface area contributed by atoms with E-state index in [0.29, 0.717) is 49.9 Å². The number of hydrogen-bond donors (Lipinski definition) is 11. The molecule has 0 saturated carbocycles. The lowest BCUT2D eigenvalue weighted by Gasteiger charge is -2.34. The molecule has 28 heteroatoms. The highest BCUT2D eigenvalue weighted by atomic mass is 19.1. The number of hydrogen-bond acceptors (Lipinski definition) is 13. The van der Waals surface area contributed by atoms with Gasteiger partial charge in [-0.15, -0.1) is 5.10 Å². The Labute approximate surface area is 428 Å². The fraction of sp³-hybridized carbons (Fsp3) is 0.596. The molecule has 2 fully saturated rings. The number of nitrogens with zero attached hydrogens (tertiary/aromatic N) is 5. The summed E-state index contributed by atoms with van der Waals surface area (Å²) in [6, 6.07) is -2.42. The molecule has 1 aromatic heterocycles. The fourth-order valence-electron chi connectivity index (χ4n) is 8.73. The van der Waals surface area contributed by atoms with Gasteiger partial charge in [-0.05, 0) is 113 Å². The van der Waals surface area contributed by atoms with Crippen molar-refractivity contribution in [2.24, 2.45) is 11.8 Å². The van der Waals surface area contributed by atoms with Crippen molar-refractivity contribution in [3.63, 3.8) is 0 Å². The summed E-state index contributed by atoms with van der Waals surface area (Å²) in [5.41, 5.74) is 1.45. The third-order valence-electron chi connectivity index (χ3n) is 13.0. The van der Waals surface area contributed by atoms with E-state index in [4.69, 9.17) is 10.2 Å². The average Bonchev–Trinajstić information content (AvgIpc) is 3.85. The second kappa shape index (κ2) is 29.7. The number of carboxylic acid groups (broad SMARTS) is 6. The van der Waals surface area contributed by atoms with Gasteiger partial charge in [0.1, 0.15) is 24.2 Å². The van der Waals surface area contributed by atoms with Gasteiger partial charge in [-0.3, -0.25) is 28.4 Å². The van der Waals surface area contributed by atoms with Crippen LogP contribution in [0.25, 0.3) is 5.69 Å². The zero-order valence-corrected chi connectivity index (χ0v) is 41.1. The summed E-state index contributed by atoms with van der Waals surface area (Å²) in [5.74, 6) is -9.81. The molecule has 27 nitrogen and oxygen atoms in total. The van der Waals surface area contributed by atoms with Crippen molar-refractivity contribution < 1.29 is 87.8 Å². The summed E-state index contributed by atoms with van der Waals surface area (Å²) < 4.78 is 14.2. The summed E-state index contributed by atoms with van der Waals surface area (Å²) in [6.07, 6.45) is 2.02. The third kappa shape index (κ3) is 20.5.